The van der Waals surface area contributed by atoms with Crippen molar-refractivity contribution < 1.29 is 28.5 Å². The predicted octanol–water partition coefficient (Wildman–Crippen LogP) is 4.27. The quantitative estimate of drug-likeness (QED) is 0.141. The summed E-state index contributed by atoms with van der Waals surface area (Å²) in [6, 6.07) is 9.89. The number of nitrogens with two attached hydrogens (primary N) is 1. The Kier molecular flexibility index (Phi) is 15.1. The fourth-order valence-electron chi connectivity index (χ4n) is 4.84. The standard InChI is InChI=1S/C17H18ClN7O3.C11H14N4O2.C6H5Cl2N3O/c1-19-17(26)15-11(7-14(18)22-23-15)21-12-6-9(27-3)5-10(16(12)28-4)13-8-20-25(2)24-13;1-15-13-6-10(14-15)8-4-7(16-2)5-9(12)11(8)17-3;1-9-6(12)5-3(7)2-4(8)10-11-5/h5-8H,1-4H3,(H,19,26)(H,21,22);4-6H,12H2,1-3H3;2H,1H3,(H,9,12). The molecule has 0 aliphatic heterocycles. The maximum Gasteiger partial charge on any atom is 0.273 e. The number of halogens is 3. The van der Waals surface area contributed by atoms with E-state index in [1.807, 2.05) is 6.07 Å². The van der Waals surface area contributed by atoms with Crippen LogP contribution in [0.2, 0.25) is 15.3 Å². The van der Waals surface area contributed by atoms with Crippen molar-refractivity contribution >= 4 is 63.7 Å². The highest BCUT2D eigenvalue weighted by atomic mass is 35.5. The lowest BCUT2D eigenvalue weighted by molar-refractivity contribution is 0.0949. The molecular weight excluding hydrogens is 807 g/mol. The predicted molar refractivity (Wildman–Crippen MR) is 213 cm³/mol. The van der Waals surface area contributed by atoms with E-state index < -0.39 is 5.91 Å². The molecule has 20 nitrogen and oxygen atoms in total. The Morgan fingerprint density at radius 1 is 0.632 bits per heavy atom. The Hall–Kier alpha value is -6.51. The molecule has 0 saturated carbocycles. The van der Waals surface area contributed by atoms with Gasteiger partial charge in [-0.25, -0.2) is 0 Å². The van der Waals surface area contributed by atoms with Gasteiger partial charge in [0.25, 0.3) is 11.8 Å². The average Bonchev–Trinajstić information content (AvgIpc) is 3.84. The molecule has 0 radical (unpaired) electrons. The van der Waals surface area contributed by atoms with Crippen LogP contribution >= 0.6 is 34.8 Å². The van der Waals surface area contributed by atoms with E-state index in [-0.39, 0.29) is 32.6 Å². The minimum Gasteiger partial charge on any atom is -0.497 e. The summed E-state index contributed by atoms with van der Waals surface area (Å²) >= 11 is 17.1. The van der Waals surface area contributed by atoms with Gasteiger partial charge in [-0.05, 0) is 18.2 Å². The van der Waals surface area contributed by atoms with Crippen LogP contribution in [0.1, 0.15) is 21.0 Å². The van der Waals surface area contributed by atoms with E-state index in [4.69, 9.17) is 59.5 Å². The molecule has 5 N–H and O–H groups in total. The first-order chi connectivity index (χ1) is 27.3. The highest BCUT2D eigenvalue weighted by Gasteiger charge is 2.20. The average molecular weight is 844 g/mol. The van der Waals surface area contributed by atoms with Gasteiger partial charge in [-0.1, -0.05) is 34.8 Å². The third kappa shape index (κ3) is 10.8. The zero-order valence-electron chi connectivity index (χ0n) is 31.8. The van der Waals surface area contributed by atoms with Gasteiger partial charge in [0.05, 0.1) is 74.0 Å². The molecule has 0 bridgehead atoms. The molecule has 300 valence electrons. The summed E-state index contributed by atoms with van der Waals surface area (Å²) < 4.78 is 21.5. The van der Waals surface area contributed by atoms with Crippen molar-refractivity contribution in [3.63, 3.8) is 0 Å². The van der Waals surface area contributed by atoms with Crippen LogP contribution in [0.25, 0.3) is 22.5 Å². The number of methoxy groups -OCH3 is 4. The van der Waals surface area contributed by atoms with Gasteiger partial charge in [-0.15, -0.1) is 20.4 Å². The van der Waals surface area contributed by atoms with Crippen LogP contribution in [0.5, 0.6) is 23.0 Å². The molecule has 23 heteroatoms. The summed E-state index contributed by atoms with van der Waals surface area (Å²) in [5.41, 5.74) is 10.1. The van der Waals surface area contributed by atoms with E-state index in [2.05, 4.69) is 56.7 Å². The van der Waals surface area contributed by atoms with Crippen molar-refractivity contribution in [1.82, 2.24) is 61.0 Å². The molecule has 2 amide bonds. The number of amides is 2. The maximum absolute atomic E-state index is 12.1. The van der Waals surface area contributed by atoms with E-state index in [1.54, 1.807) is 66.0 Å². The minimum atomic E-state index is -0.414. The van der Waals surface area contributed by atoms with Gasteiger partial charge < -0.3 is 40.6 Å². The number of rotatable bonds is 10. The fourth-order valence-corrected chi connectivity index (χ4v) is 5.41. The van der Waals surface area contributed by atoms with E-state index in [0.29, 0.717) is 57.0 Å². The summed E-state index contributed by atoms with van der Waals surface area (Å²) in [5.74, 6) is 1.47. The van der Waals surface area contributed by atoms with Crippen molar-refractivity contribution in [1.29, 1.82) is 0 Å². The number of aromatic nitrogens is 10. The molecule has 4 aromatic heterocycles. The van der Waals surface area contributed by atoms with Crippen LogP contribution in [0.3, 0.4) is 0 Å². The third-order valence-electron chi connectivity index (χ3n) is 7.42. The largest absolute Gasteiger partial charge is 0.497 e. The molecule has 0 aliphatic carbocycles. The van der Waals surface area contributed by atoms with Crippen molar-refractivity contribution in [3.8, 4) is 45.5 Å². The number of nitrogen functional groups attached to an aromatic ring is 1. The van der Waals surface area contributed by atoms with Gasteiger partial charge in [0, 0.05) is 46.4 Å². The lowest BCUT2D eigenvalue weighted by Gasteiger charge is -2.17. The van der Waals surface area contributed by atoms with E-state index in [9.17, 15) is 9.59 Å². The molecule has 4 heterocycles. The van der Waals surface area contributed by atoms with E-state index in [1.165, 1.54) is 42.9 Å². The number of hydrogen-bond acceptors (Lipinski definition) is 16. The van der Waals surface area contributed by atoms with Crippen LogP contribution in [0.15, 0.2) is 48.8 Å². The lowest BCUT2D eigenvalue weighted by atomic mass is 10.1. The Morgan fingerprint density at radius 2 is 1.12 bits per heavy atom. The van der Waals surface area contributed by atoms with Crippen molar-refractivity contribution in [2.24, 2.45) is 14.1 Å². The number of ether oxygens (including phenoxy) is 4. The maximum atomic E-state index is 12.1. The van der Waals surface area contributed by atoms with Crippen molar-refractivity contribution in [2.75, 3.05) is 53.6 Å². The second-order valence-electron chi connectivity index (χ2n) is 11.1. The highest BCUT2D eigenvalue weighted by molar-refractivity contribution is 6.35. The lowest BCUT2D eigenvalue weighted by Crippen LogP contribution is -2.21. The SMILES string of the molecule is CNC(=O)c1nnc(Cl)cc1Cl.CNC(=O)c1nnc(Cl)cc1Nc1cc(OC)cc(-c2cnn(C)n2)c1OC.COc1cc(N)c(OC)c(-c2cnn(C)n2)c1. The molecule has 0 aliphatic rings. The highest BCUT2D eigenvalue weighted by Crippen LogP contribution is 2.41. The number of nitrogens with one attached hydrogen (secondary N) is 3. The number of aryl methyl sites for hydroxylation is 2. The summed E-state index contributed by atoms with van der Waals surface area (Å²) in [6.07, 6.45) is 3.26. The number of carbonyl (C=O) groups is 2. The van der Waals surface area contributed by atoms with Crippen LogP contribution in [-0.4, -0.2) is 105 Å². The van der Waals surface area contributed by atoms with Gasteiger partial charge >= 0.3 is 0 Å². The second kappa shape index (κ2) is 19.9. The van der Waals surface area contributed by atoms with Gasteiger partial charge in [-0.3, -0.25) is 9.59 Å². The van der Waals surface area contributed by atoms with Crippen LogP contribution < -0.4 is 40.6 Å². The van der Waals surface area contributed by atoms with Crippen molar-refractivity contribution in [3.05, 3.63) is 75.5 Å². The van der Waals surface area contributed by atoms with Gasteiger partial charge in [-0.2, -0.15) is 30.0 Å². The summed E-state index contributed by atoms with van der Waals surface area (Å²) in [7, 11) is 12.7. The molecule has 0 saturated heterocycles. The fraction of sp³-hybridized carbons (Fsp3) is 0.235. The van der Waals surface area contributed by atoms with E-state index >= 15 is 0 Å². The Labute approximate surface area is 340 Å². The molecule has 0 fully saturated rings. The number of anilines is 3. The molecule has 0 unspecified atom stereocenters. The summed E-state index contributed by atoms with van der Waals surface area (Å²) in [4.78, 5) is 26.1. The van der Waals surface area contributed by atoms with Crippen LogP contribution in [0, 0.1) is 0 Å². The monoisotopic (exact) mass is 842 g/mol. The molecule has 6 aromatic rings. The summed E-state index contributed by atoms with van der Waals surface area (Å²) in [6.45, 7) is 0. The smallest absolute Gasteiger partial charge is 0.273 e. The molecule has 0 spiro atoms. The number of nitrogens with zero attached hydrogens (tertiary/aromatic N) is 10. The van der Waals surface area contributed by atoms with Crippen LogP contribution in [0.4, 0.5) is 17.1 Å². The first kappa shape index (κ1) is 43.2. The Bertz CT molecular complexity index is 2360. The summed E-state index contributed by atoms with van der Waals surface area (Å²) in [5, 5.41) is 39.8. The van der Waals surface area contributed by atoms with Crippen molar-refractivity contribution in [2.45, 2.75) is 0 Å². The van der Waals surface area contributed by atoms with E-state index in [0.717, 1.165) is 5.56 Å². The first-order valence-electron chi connectivity index (χ1n) is 16.2. The zero-order chi connectivity index (χ0) is 41.8. The van der Waals surface area contributed by atoms with Crippen LogP contribution in [-0.2, 0) is 14.1 Å². The van der Waals surface area contributed by atoms with Gasteiger partial charge in [0.1, 0.15) is 22.9 Å². The number of hydrogen-bond donors (Lipinski definition) is 4. The Morgan fingerprint density at radius 3 is 1.60 bits per heavy atom. The zero-order valence-corrected chi connectivity index (χ0v) is 34.0. The first-order valence-corrected chi connectivity index (χ1v) is 17.3. The normalized spacial score (nSPS) is 10.2. The third-order valence-corrected chi connectivity index (χ3v) is 8.08. The molecule has 57 heavy (non-hydrogen) atoms. The molecule has 2 aromatic carbocycles. The Balaban J connectivity index is 0.000000210. The molecule has 0 atom stereocenters. The number of benzene rings is 2. The second-order valence-corrected chi connectivity index (χ2v) is 12.2. The van der Waals surface area contributed by atoms with Gasteiger partial charge in [0.15, 0.2) is 33.2 Å². The minimum absolute atomic E-state index is 0.0727. The van der Waals surface area contributed by atoms with Gasteiger partial charge in [0.2, 0.25) is 0 Å². The molecule has 6 rings (SSSR count). The topological polar surface area (TPSA) is 246 Å². The molecular formula is C34H37Cl3N14O6. The number of carbonyl (C=O) groups excluding carboxylic acids is 2.